The van der Waals surface area contributed by atoms with Crippen LogP contribution in [0.15, 0.2) is 47.7 Å². The van der Waals surface area contributed by atoms with E-state index in [0.717, 1.165) is 5.69 Å². The van der Waals surface area contributed by atoms with Crippen LogP contribution in [0.3, 0.4) is 0 Å². The summed E-state index contributed by atoms with van der Waals surface area (Å²) in [5, 5.41) is 0.0221. The largest absolute Gasteiger partial charge is 0.331 e. The summed E-state index contributed by atoms with van der Waals surface area (Å²) in [5.74, 6) is -0.841. The number of fused-ring (bicyclic) bond motifs is 1. The number of amides is 1. The van der Waals surface area contributed by atoms with Crippen LogP contribution in [-0.2, 0) is 13.1 Å². The van der Waals surface area contributed by atoms with Crippen molar-refractivity contribution in [3.63, 3.8) is 0 Å². The first-order valence-corrected chi connectivity index (χ1v) is 8.80. The van der Waals surface area contributed by atoms with Gasteiger partial charge in [-0.2, -0.15) is 0 Å². The molecule has 0 fully saturated rings. The van der Waals surface area contributed by atoms with Crippen molar-refractivity contribution in [3.05, 3.63) is 81.0 Å². The van der Waals surface area contributed by atoms with Crippen molar-refractivity contribution in [3.8, 4) is 5.69 Å². The van der Waals surface area contributed by atoms with Crippen molar-refractivity contribution in [2.24, 2.45) is 0 Å². The highest BCUT2D eigenvalue weighted by Crippen LogP contribution is 2.21. The summed E-state index contributed by atoms with van der Waals surface area (Å²) in [4.78, 5) is 31.3. The van der Waals surface area contributed by atoms with E-state index in [-0.39, 0.29) is 28.7 Å². The number of benzene rings is 1. The van der Waals surface area contributed by atoms with Gasteiger partial charge in [0.15, 0.2) is 0 Å². The highest BCUT2D eigenvalue weighted by Gasteiger charge is 2.27. The number of imidazole rings is 1. The number of rotatable bonds is 3. The third-order valence-corrected chi connectivity index (χ3v) is 4.93. The van der Waals surface area contributed by atoms with E-state index in [2.05, 4.69) is 4.98 Å². The first kappa shape index (κ1) is 17.5. The lowest BCUT2D eigenvalue weighted by Gasteiger charge is -2.30. The van der Waals surface area contributed by atoms with E-state index in [1.165, 1.54) is 15.5 Å². The lowest BCUT2D eigenvalue weighted by molar-refractivity contribution is 0.0685. The fourth-order valence-electron chi connectivity index (χ4n) is 3.24. The number of halogens is 2. The zero-order valence-corrected chi connectivity index (χ0v) is 15.3. The van der Waals surface area contributed by atoms with Crippen molar-refractivity contribution in [2.75, 3.05) is 6.54 Å². The first-order chi connectivity index (χ1) is 13.0. The summed E-state index contributed by atoms with van der Waals surface area (Å²) in [6, 6.07) is 7.94. The zero-order chi connectivity index (χ0) is 19.1. The Morgan fingerprint density at radius 1 is 1.19 bits per heavy atom. The maximum absolute atomic E-state index is 14.2. The molecule has 0 aliphatic carbocycles. The molecule has 4 rings (SSSR count). The Morgan fingerprint density at radius 3 is 2.74 bits per heavy atom. The van der Waals surface area contributed by atoms with Gasteiger partial charge in [-0.1, -0.05) is 23.7 Å². The fraction of sp³-hybridized carbons (Fsp3) is 0.211. The highest BCUT2D eigenvalue weighted by molar-refractivity contribution is 6.30. The molecule has 1 aliphatic rings. The van der Waals surface area contributed by atoms with E-state index in [1.807, 2.05) is 6.92 Å². The van der Waals surface area contributed by atoms with Crippen LogP contribution in [0.5, 0.6) is 0 Å². The Bertz CT molecular complexity index is 1110. The van der Waals surface area contributed by atoms with E-state index < -0.39 is 5.82 Å². The van der Waals surface area contributed by atoms with Crippen LogP contribution < -0.4 is 5.56 Å². The van der Waals surface area contributed by atoms with Crippen molar-refractivity contribution in [1.82, 2.24) is 19.0 Å². The summed E-state index contributed by atoms with van der Waals surface area (Å²) in [6.07, 6.45) is 3.32. The standard InChI is InChI=1S/C19H16ClFN4O2/c1-12-9-24(11-22-12)15-5-6-16-18(26)23(7-8-25(16)19(15)27)10-13-3-2-4-14(20)17(13)21/h2-6,9,11H,7-8,10H2,1H3. The van der Waals surface area contributed by atoms with Crippen LogP contribution in [0.2, 0.25) is 5.02 Å². The number of carbonyl (C=O) groups excluding carboxylic acids is 1. The molecular formula is C19H16ClFN4O2. The molecule has 0 saturated heterocycles. The molecule has 6 nitrogen and oxygen atoms in total. The van der Waals surface area contributed by atoms with Crippen molar-refractivity contribution < 1.29 is 9.18 Å². The van der Waals surface area contributed by atoms with Gasteiger partial charge < -0.3 is 14.0 Å². The lowest BCUT2D eigenvalue weighted by Crippen LogP contribution is -2.44. The number of carbonyl (C=O) groups is 1. The van der Waals surface area contributed by atoms with E-state index in [4.69, 9.17) is 11.6 Å². The Morgan fingerprint density at radius 2 is 2.00 bits per heavy atom. The Balaban J connectivity index is 1.66. The number of hydrogen-bond donors (Lipinski definition) is 0. The summed E-state index contributed by atoms with van der Waals surface area (Å²) in [7, 11) is 0. The first-order valence-electron chi connectivity index (χ1n) is 8.42. The maximum Gasteiger partial charge on any atom is 0.275 e. The summed E-state index contributed by atoms with van der Waals surface area (Å²) >= 11 is 5.82. The monoisotopic (exact) mass is 386 g/mol. The second kappa shape index (κ2) is 6.66. The molecule has 1 aromatic carbocycles. The van der Waals surface area contributed by atoms with Crippen LogP contribution in [-0.4, -0.2) is 31.5 Å². The molecule has 27 heavy (non-hydrogen) atoms. The highest BCUT2D eigenvalue weighted by atomic mass is 35.5. The number of aryl methyl sites for hydroxylation is 1. The van der Waals surface area contributed by atoms with Crippen molar-refractivity contribution in [2.45, 2.75) is 20.0 Å². The molecule has 0 saturated carbocycles. The van der Waals surface area contributed by atoms with Gasteiger partial charge in [-0.25, -0.2) is 9.37 Å². The van der Waals surface area contributed by atoms with Crippen molar-refractivity contribution >= 4 is 17.5 Å². The smallest absolute Gasteiger partial charge is 0.275 e. The summed E-state index contributed by atoms with van der Waals surface area (Å²) in [5.41, 5.74) is 1.60. The molecule has 138 valence electrons. The topological polar surface area (TPSA) is 60.1 Å². The van der Waals surface area contributed by atoms with Crippen molar-refractivity contribution in [1.29, 1.82) is 0 Å². The van der Waals surface area contributed by atoms with Gasteiger partial charge in [-0.05, 0) is 25.1 Å². The Labute approximate surface area is 159 Å². The molecule has 0 unspecified atom stereocenters. The van der Waals surface area contributed by atoms with Gasteiger partial charge in [0, 0.05) is 31.4 Å². The molecule has 1 aliphatic heterocycles. The van der Waals surface area contributed by atoms with Gasteiger partial charge in [0.25, 0.3) is 11.5 Å². The lowest BCUT2D eigenvalue weighted by atomic mass is 10.1. The second-order valence-electron chi connectivity index (χ2n) is 6.42. The molecule has 0 radical (unpaired) electrons. The molecular weight excluding hydrogens is 371 g/mol. The van der Waals surface area contributed by atoms with E-state index in [9.17, 15) is 14.0 Å². The predicted octanol–water partition coefficient (Wildman–Crippen LogP) is 2.79. The third kappa shape index (κ3) is 3.04. The molecule has 0 atom stereocenters. The predicted molar refractivity (Wildman–Crippen MR) is 98.7 cm³/mol. The van der Waals surface area contributed by atoms with Gasteiger partial charge in [-0.3, -0.25) is 9.59 Å². The fourth-order valence-corrected chi connectivity index (χ4v) is 3.43. The molecule has 0 bridgehead atoms. The van der Waals surface area contributed by atoms with Crippen LogP contribution in [0, 0.1) is 12.7 Å². The van der Waals surface area contributed by atoms with Gasteiger partial charge in [0.05, 0.1) is 17.0 Å². The van der Waals surface area contributed by atoms with Crippen LogP contribution >= 0.6 is 11.6 Å². The average Bonchev–Trinajstić information content (AvgIpc) is 3.08. The van der Waals surface area contributed by atoms with Gasteiger partial charge in [0.2, 0.25) is 0 Å². The molecule has 8 heteroatoms. The molecule has 3 aromatic rings. The quantitative estimate of drug-likeness (QED) is 0.695. The van der Waals surface area contributed by atoms with E-state index >= 15 is 0 Å². The number of pyridine rings is 1. The third-order valence-electron chi connectivity index (χ3n) is 4.64. The molecule has 3 heterocycles. The second-order valence-corrected chi connectivity index (χ2v) is 6.83. The normalized spacial score (nSPS) is 13.7. The number of aromatic nitrogens is 3. The van der Waals surface area contributed by atoms with E-state index in [0.29, 0.717) is 24.3 Å². The average molecular weight is 387 g/mol. The molecule has 1 amide bonds. The number of nitrogens with zero attached hydrogens (tertiary/aromatic N) is 4. The van der Waals surface area contributed by atoms with Crippen LogP contribution in [0.4, 0.5) is 4.39 Å². The minimum absolute atomic E-state index is 0.0221. The van der Waals surface area contributed by atoms with E-state index in [1.54, 1.807) is 41.4 Å². The zero-order valence-electron chi connectivity index (χ0n) is 14.5. The molecule has 0 spiro atoms. The summed E-state index contributed by atoms with van der Waals surface area (Å²) in [6.45, 7) is 2.58. The van der Waals surface area contributed by atoms with Gasteiger partial charge >= 0.3 is 0 Å². The summed E-state index contributed by atoms with van der Waals surface area (Å²) < 4.78 is 17.3. The van der Waals surface area contributed by atoms with Gasteiger partial charge in [-0.15, -0.1) is 0 Å². The molecule has 2 aromatic heterocycles. The Hall–Kier alpha value is -2.93. The Kier molecular flexibility index (Phi) is 4.31. The van der Waals surface area contributed by atoms with Gasteiger partial charge in [0.1, 0.15) is 17.2 Å². The minimum Gasteiger partial charge on any atom is -0.331 e. The SMILES string of the molecule is Cc1cn(-c2ccc3n(c2=O)CCN(Cc2cccc(Cl)c2F)C3=O)cn1. The molecule has 0 N–H and O–H groups in total. The van der Waals surface area contributed by atoms with Crippen LogP contribution in [0.25, 0.3) is 5.69 Å². The van der Waals surface area contributed by atoms with Crippen LogP contribution in [0.1, 0.15) is 21.7 Å². The maximum atomic E-state index is 14.2. The number of hydrogen-bond acceptors (Lipinski definition) is 3. The minimum atomic E-state index is -0.527.